The fourth-order valence-electron chi connectivity index (χ4n) is 2.26. The molecule has 0 unspecified atom stereocenters. The van der Waals surface area contributed by atoms with E-state index >= 15 is 0 Å². The molecule has 0 saturated carbocycles. The molecule has 0 radical (unpaired) electrons. The standard InChI is InChI=1S/C16H24N2/c1-6-7-8-15-17-13-10-9-12(16(2,3)4)11-14(13)18(15)5/h9-11H,6-8H2,1-5H3. The molecular weight excluding hydrogens is 220 g/mol. The number of hydrogen-bond acceptors (Lipinski definition) is 1. The van der Waals surface area contributed by atoms with E-state index in [1.165, 1.54) is 29.7 Å². The summed E-state index contributed by atoms with van der Waals surface area (Å²) in [7, 11) is 2.13. The lowest BCUT2D eigenvalue weighted by molar-refractivity contribution is 0.590. The van der Waals surface area contributed by atoms with Crippen molar-refractivity contribution in [3.63, 3.8) is 0 Å². The van der Waals surface area contributed by atoms with Crippen LogP contribution in [0.2, 0.25) is 0 Å². The first kappa shape index (κ1) is 13.1. The summed E-state index contributed by atoms with van der Waals surface area (Å²) < 4.78 is 2.25. The van der Waals surface area contributed by atoms with E-state index in [0.717, 1.165) is 11.9 Å². The minimum atomic E-state index is 0.196. The van der Waals surface area contributed by atoms with Crippen molar-refractivity contribution < 1.29 is 0 Å². The Bertz CT molecular complexity index is 544. The monoisotopic (exact) mass is 244 g/mol. The van der Waals surface area contributed by atoms with Gasteiger partial charge in [-0.3, -0.25) is 0 Å². The smallest absolute Gasteiger partial charge is 0.109 e. The van der Waals surface area contributed by atoms with Crippen LogP contribution in [0, 0.1) is 0 Å². The molecule has 1 aromatic carbocycles. The molecule has 1 heterocycles. The average molecular weight is 244 g/mol. The number of benzene rings is 1. The van der Waals surface area contributed by atoms with Crippen LogP contribution in [-0.4, -0.2) is 9.55 Å². The summed E-state index contributed by atoms with van der Waals surface area (Å²) in [4.78, 5) is 4.74. The third-order valence-electron chi connectivity index (χ3n) is 3.59. The molecule has 0 fully saturated rings. The topological polar surface area (TPSA) is 17.8 Å². The van der Waals surface area contributed by atoms with Gasteiger partial charge >= 0.3 is 0 Å². The van der Waals surface area contributed by atoms with Gasteiger partial charge in [0.05, 0.1) is 11.0 Å². The van der Waals surface area contributed by atoms with E-state index in [9.17, 15) is 0 Å². The Morgan fingerprint density at radius 2 is 1.94 bits per heavy atom. The third-order valence-corrected chi connectivity index (χ3v) is 3.59. The van der Waals surface area contributed by atoms with Crippen molar-refractivity contribution in [3.05, 3.63) is 29.6 Å². The van der Waals surface area contributed by atoms with Crippen LogP contribution < -0.4 is 0 Å². The van der Waals surface area contributed by atoms with Crippen molar-refractivity contribution in [2.24, 2.45) is 7.05 Å². The van der Waals surface area contributed by atoms with Crippen LogP contribution in [0.4, 0.5) is 0 Å². The molecular formula is C16H24N2. The highest BCUT2D eigenvalue weighted by atomic mass is 15.1. The van der Waals surface area contributed by atoms with Gasteiger partial charge in [-0.05, 0) is 29.5 Å². The number of unbranched alkanes of at least 4 members (excludes halogenated alkanes) is 1. The minimum Gasteiger partial charge on any atom is -0.331 e. The van der Waals surface area contributed by atoms with Crippen LogP contribution >= 0.6 is 0 Å². The highest BCUT2D eigenvalue weighted by Crippen LogP contribution is 2.26. The zero-order chi connectivity index (χ0) is 13.3. The van der Waals surface area contributed by atoms with Gasteiger partial charge in [-0.1, -0.05) is 40.2 Å². The van der Waals surface area contributed by atoms with Crippen molar-refractivity contribution >= 4 is 11.0 Å². The van der Waals surface area contributed by atoms with Gasteiger partial charge in [-0.25, -0.2) is 4.98 Å². The summed E-state index contributed by atoms with van der Waals surface area (Å²) in [5.41, 5.74) is 3.95. The number of fused-ring (bicyclic) bond motifs is 1. The van der Waals surface area contributed by atoms with Crippen LogP contribution in [0.25, 0.3) is 11.0 Å². The average Bonchev–Trinajstić information content (AvgIpc) is 2.62. The van der Waals surface area contributed by atoms with Gasteiger partial charge in [0.2, 0.25) is 0 Å². The van der Waals surface area contributed by atoms with E-state index < -0.39 is 0 Å². The van der Waals surface area contributed by atoms with E-state index in [1.54, 1.807) is 0 Å². The maximum Gasteiger partial charge on any atom is 0.109 e. The first-order valence-electron chi connectivity index (χ1n) is 6.89. The summed E-state index contributed by atoms with van der Waals surface area (Å²) in [5, 5.41) is 0. The second-order valence-electron chi connectivity index (χ2n) is 6.14. The second kappa shape index (κ2) is 4.75. The molecule has 2 rings (SSSR count). The van der Waals surface area contributed by atoms with Gasteiger partial charge in [0.25, 0.3) is 0 Å². The third kappa shape index (κ3) is 2.43. The SMILES string of the molecule is CCCCc1nc2ccc(C(C)(C)C)cc2n1C. The molecule has 0 aliphatic carbocycles. The van der Waals surface area contributed by atoms with Gasteiger partial charge in [-0.15, -0.1) is 0 Å². The van der Waals surface area contributed by atoms with Crippen molar-refractivity contribution in [2.45, 2.75) is 52.4 Å². The summed E-state index contributed by atoms with van der Waals surface area (Å²) in [6, 6.07) is 6.65. The minimum absolute atomic E-state index is 0.196. The zero-order valence-electron chi connectivity index (χ0n) is 12.2. The summed E-state index contributed by atoms with van der Waals surface area (Å²) in [5.74, 6) is 1.21. The first-order valence-corrected chi connectivity index (χ1v) is 6.89. The van der Waals surface area contributed by atoms with Crippen molar-refractivity contribution in [3.8, 4) is 0 Å². The van der Waals surface area contributed by atoms with Gasteiger partial charge in [0.1, 0.15) is 5.82 Å². The molecule has 98 valence electrons. The molecule has 2 heteroatoms. The maximum absolute atomic E-state index is 4.74. The van der Waals surface area contributed by atoms with E-state index in [2.05, 4.69) is 57.5 Å². The van der Waals surface area contributed by atoms with Gasteiger partial charge < -0.3 is 4.57 Å². The Morgan fingerprint density at radius 3 is 2.56 bits per heavy atom. The fourth-order valence-corrected chi connectivity index (χ4v) is 2.26. The Kier molecular flexibility index (Phi) is 3.47. The van der Waals surface area contributed by atoms with E-state index in [1.807, 2.05) is 0 Å². The molecule has 1 aromatic heterocycles. The quantitative estimate of drug-likeness (QED) is 0.790. The number of imidazole rings is 1. The van der Waals surface area contributed by atoms with E-state index in [4.69, 9.17) is 4.98 Å². The molecule has 2 aromatic rings. The number of rotatable bonds is 3. The number of aromatic nitrogens is 2. The number of nitrogens with zero attached hydrogens (tertiary/aromatic N) is 2. The summed E-state index contributed by atoms with van der Waals surface area (Å²) >= 11 is 0. The molecule has 18 heavy (non-hydrogen) atoms. The highest BCUT2D eigenvalue weighted by molar-refractivity contribution is 5.77. The van der Waals surface area contributed by atoms with Gasteiger partial charge in [0.15, 0.2) is 0 Å². The molecule has 0 atom stereocenters. The zero-order valence-corrected chi connectivity index (χ0v) is 12.2. The predicted octanol–water partition coefficient (Wildman–Crippen LogP) is 4.21. The van der Waals surface area contributed by atoms with Gasteiger partial charge in [-0.2, -0.15) is 0 Å². The molecule has 0 spiro atoms. The Hall–Kier alpha value is -1.31. The summed E-state index contributed by atoms with van der Waals surface area (Å²) in [6.45, 7) is 8.98. The Balaban J connectivity index is 2.47. The molecule has 0 aliphatic rings. The first-order chi connectivity index (χ1) is 8.43. The van der Waals surface area contributed by atoms with Crippen molar-refractivity contribution in [1.29, 1.82) is 0 Å². The van der Waals surface area contributed by atoms with Crippen molar-refractivity contribution in [1.82, 2.24) is 9.55 Å². The molecule has 0 aliphatic heterocycles. The lowest BCUT2D eigenvalue weighted by Crippen LogP contribution is -2.10. The number of aryl methyl sites for hydroxylation is 2. The lowest BCUT2D eigenvalue weighted by Gasteiger charge is -2.18. The van der Waals surface area contributed by atoms with Crippen LogP contribution in [0.1, 0.15) is 51.9 Å². The number of hydrogen-bond donors (Lipinski definition) is 0. The molecule has 2 nitrogen and oxygen atoms in total. The predicted molar refractivity (Wildman–Crippen MR) is 78.0 cm³/mol. The Labute approximate surface area is 110 Å². The normalized spacial score (nSPS) is 12.3. The largest absolute Gasteiger partial charge is 0.331 e. The van der Waals surface area contributed by atoms with Crippen LogP contribution in [0.5, 0.6) is 0 Å². The molecule has 0 bridgehead atoms. The molecule has 0 N–H and O–H groups in total. The lowest BCUT2D eigenvalue weighted by atomic mass is 9.87. The van der Waals surface area contributed by atoms with E-state index in [-0.39, 0.29) is 5.41 Å². The summed E-state index contributed by atoms with van der Waals surface area (Å²) in [6.07, 6.45) is 3.51. The van der Waals surface area contributed by atoms with Crippen molar-refractivity contribution in [2.75, 3.05) is 0 Å². The second-order valence-corrected chi connectivity index (χ2v) is 6.14. The molecule has 0 amide bonds. The highest BCUT2D eigenvalue weighted by Gasteiger charge is 2.16. The van der Waals surface area contributed by atoms with Gasteiger partial charge in [0, 0.05) is 13.5 Å². The van der Waals surface area contributed by atoms with Crippen LogP contribution in [0.15, 0.2) is 18.2 Å². The Morgan fingerprint density at radius 1 is 1.22 bits per heavy atom. The maximum atomic E-state index is 4.74. The fraction of sp³-hybridized carbons (Fsp3) is 0.562. The molecule has 0 saturated heterocycles. The van der Waals surface area contributed by atoms with Crippen LogP contribution in [-0.2, 0) is 18.9 Å². The van der Waals surface area contributed by atoms with Crippen LogP contribution in [0.3, 0.4) is 0 Å². The van der Waals surface area contributed by atoms with E-state index in [0.29, 0.717) is 0 Å².